The molecule has 6 nitrogen and oxygen atoms in total. The summed E-state index contributed by atoms with van der Waals surface area (Å²) in [5.41, 5.74) is 0.176. The third-order valence-electron chi connectivity index (χ3n) is 3.39. The maximum absolute atomic E-state index is 13.8. The number of rotatable bonds is 6. The smallest absolute Gasteiger partial charge is 0.162 e. The molecule has 0 bridgehead atoms. The van der Waals surface area contributed by atoms with Crippen LogP contribution < -0.4 is 0 Å². The minimum Gasteiger partial charge on any atom is -0.253 e. The number of hydrogen-bond donors (Lipinski definition) is 0. The van der Waals surface area contributed by atoms with E-state index >= 15 is 0 Å². The van der Waals surface area contributed by atoms with Crippen molar-refractivity contribution >= 4 is 21.2 Å². The number of aromatic nitrogens is 4. The largest absolute Gasteiger partial charge is 0.253 e. The van der Waals surface area contributed by atoms with Gasteiger partial charge in [0.25, 0.3) is 0 Å². The van der Waals surface area contributed by atoms with Gasteiger partial charge in [-0.3, -0.25) is 4.68 Å². The summed E-state index contributed by atoms with van der Waals surface area (Å²) in [4.78, 5) is 4.07. The second-order valence-corrected chi connectivity index (χ2v) is 8.33. The lowest BCUT2D eigenvalue weighted by atomic mass is 10.1. The van der Waals surface area contributed by atoms with Gasteiger partial charge in [-0.1, -0.05) is 11.3 Å². The summed E-state index contributed by atoms with van der Waals surface area (Å²) in [6.07, 6.45) is 1.57. The number of thiazole rings is 1. The van der Waals surface area contributed by atoms with Crippen molar-refractivity contribution in [3.8, 4) is 11.3 Å². The zero-order valence-corrected chi connectivity index (χ0v) is 14.8. The molecule has 132 valence electrons. The fourth-order valence-corrected chi connectivity index (χ4v) is 4.76. The van der Waals surface area contributed by atoms with Crippen molar-refractivity contribution in [1.29, 1.82) is 0 Å². The molecule has 2 heterocycles. The molecule has 1 aromatic carbocycles. The highest BCUT2D eigenvalue weighted by Gasteiger charge is 2.20. The van der Waals surface area contributed by atoms with Gasteiger partial charge in [0.15, 0.2) is 9.84 Å². The second kappa shape index (κ2) is 6.96. The molecule has 3 rings (SSSR count). The monoisotopic (exact) mass is 384 g/mol. The highest BCUT2D eigenvalue weighted by molar-refractivity contribution is 7.89. The van der Waals surface area contributed by atoms with Gasteiger partial charge in [-0.15, -0.1) is 16.4 Å². The Morgan fingerprint density at radius 3 is 2.56 bits per heavy atom. The SMILES string of the molecule is CCn1cc(CS(=O)(=O)Cc2nc(-c3c(F)cccc3F)cs2)nn1. The molecule has 0 spiro atoms. The molecular weight excluding hydrogens is 370 g/mol. The maximum Gasteiger partial charge on any atom is 0.162 e. The molecule has 0 N–H and O–H groups in total. The van der Waals surface area contributed by atoms with Crippen LogP contribution in [0.3, 0.4) is 0 Å². The first kappa shape index (κ1) is 17.6. The first-order chi connectivity index (χ1) is 11.9. The lowest BCUT2D eigenvalue weighted by Gasteiger charge is -2.01. The normalized spacial score (nSPS) is 11.8. The van der Waals surface area contributed by atoms with Gasteiger partial charge in [0, 0.05) is 18.1 Å². The zero-order valence-electron chi connectivity index (χ0n) is 13.2. The van der Waals surface area contributed by atoms with Gasteiger partial charge in [0.05, 0.1) is 22.7 Å². The Kier molecular flexibility index (Phi) is 4.91. The van der Waals surface area contributed by atoms with Crippen LogP contribution in [0.4, 0.5) is 8.78 Å². The van der Waals surface area contributed by atoms with Crippen LogP contribution in [0.2, 0.25) is 0 Å². The fourth-order valence-electron chi connectivity index (χ4n) is 2.26. The van der Waals surface area contributed by atoms with Crippen LogP contribution in [0, 0.1) is 11.6 Å². The average molecular weight is 384 g/mol. The van der Waals surface area contributed by atoms with E-state index in [-0.39, 0.29) is 27.8 Å². The Labute approximate surface area is 147 Å². The molecule has 0 saturated heterocycles. The summed E-state index contributed by atoms with van der Waals surface area (Å²) in [5, 5.41) is 9.31. The van der Waals surface area contributed by atoms with E-state index in [2.05, 4.69) is 15.3 Å². The van der Waals surface area contributed by atoms with Gasteiger partial charge in [-0.2, -0.15) is 0 Å². The number of sulfone groups is 1. The van der Waals surface area contributed by atoms with E-state index < -0.39 is 21.5 Å². The molecule has 0 amide bonds. The topological polar surface area (TPSA) is 77.7 Å². The summed E-state index contributed by atoms with van der Waals surface area (Å²) in [6.45, 7) is 2.46. The number of nitrogens with zero attached hydrogens (tertiary/aromatic N) is 4. The molecule has 0 unspecified atom stereocenters. The van der Waals surface area contributed by atoms with Crippen LogP contribution in [-0.2, 0) is 27.9 Å². The van der Waals surface area contributed by atoms with Gasteiger partial charge in [-0.05, 0) is 19.1 Å². The van der Waals surface area contributed by atoms with Crippen molar-refractivity contribution in [3.05, 3.63) is 52.1 Å². The first-order valence-corrected chi connectivity index (χ1v) is 10.1. The van der Waals surface area contributed by atoms with Crippen LogP contribution >= 0.6 is 11.3 Å². The molecule has 0 aliphatic carbocycles. The van der Waals surface area contributed by atoms with E-state index in [4.69, 9.17) is 0 Å². The standard InChI is InChI=1S/C15H14F2N4O2S2/c1-2-21-6-10(19-20-21)8-25(22,23)9-14-18-13(7-24-14)15-11(16)4-3-5-12(15)17/h3-7H,2,8-9H2,1H3. The maximum atomic E-state index is 13.8. The average Bonchev–Trinajstić information content (AvgIpc) is 3.16. The third-order valence-corrected chi connectivity index (χ3v) is 5.87. The Morgan fingerprint density at radius 1 is 1.20 bits per heavy atom. The summed E-state index contributed by atoms with van der Waals surface area (Å²) in [6, 6.07) is 3.52. The van der Waals surface area contributed by atoms with Crippen LogP contribution in [0.25, 0.3) is 11.3 Å². The minimum atomic E-state index is -3.53. The van der Waals surface area contributed by atoms with Gasteiger partial charge in [0.2, 0.25) is 0 Å². The van der Waals surface area contributed by atoms with Crippen molar-refractivity contribution in [2.24, 2.45) is 0 Å². The fraction of sp³-hybridized carbons (Fsp3) is 0.267. The summed E-state index contributed by atoms with van der Waals surface area (Å²) >= 11 is 1.04. The zero-order chi connectivity index (χ0) is 18.0. The van der Waals surface area contributed by atoms with E-state index in [0.717, 1.165) is 23.5 Å². The van der Waals surface area contributed by atoms with E-state index in [0.29, 0.717) is 12.2 Å². The van der Waals surface area contributed by atoms with Crippen LogP contribution in [-0.4, -0.2) is 28.4 Å². The summed E-state index contributed by atoms with van der Waals surface area (Å²) < 4.78 is 53.7. The Balaban J connectivity index is 1.78. The van der Waals surface area contributed by atoms with Gasteiger partial charge < -0.3 is 0 Å². The number of aryl methyl sites for hydroxylation is 1. The lowest BCUT2D eigenvalue weighted by molar-refractivity contribution is 0.589. The van der Waals surface area contributed by atoms with Crippen molar-refractivity contribution in [3.63, 3.8) is 0 Å². The number of halogens is 2. The van der Waals surface area contributed by atoms with Gasteiger partial charge >= 0.3 is 0 Å². The third kappa shape index (κ3) is 4.07. The molecule has 0 radical (unpaired) electrons. The molecule has 3 aromatic rings. The van der Waals surface area contributed by atoms with E-state index in [1.807, 2.05) is 6.92 Å². The molecule has 0 fully saturated rings. The van der Waals surface area contributed by atoms with Crippen molar-refractivity contribution in [2.45, 2.75) is 25.0 Å². The van der Waals surface area contributed by atoms with Crippen molar-refractivity contribution in [1.82, 2.24) is 20.0 Å². The summed E-state index contributed by atoms with van der Waals surface area (Å²) in [5.74, 6) is -2.07. The van der Waals surface area contributed by atoms with Crippen LogP contribution in [0.5, 0.6) is 0 Å². The summed E-state index contributed by atoms with van der Waals surface area (Å²) in [7, 11) is -3.53. The lowest BCUT2D eigenvalue weighted by Crippen LogP contribution is -2.08. The second-order valence-electron chi connectivity index (χ2n) is 5.32. The van der Waals surface area contributed by atoms with E-state index in [9.17, 15) is 17.2 Å². The Morgan fingerprint density at radius 2 is 1.92 bits per heavy atom. The van der Waals surface area contributed by atoms with Crippen LogP contribution in [0.1, 0.15) is 17.6 Å². The van der Waals surface area contributed by atoms with Crippen molar-refractivity contribution < 1.29 is 17.2 Å². The molecule has 0 atom stereocenters. The number of hydrogen-bond acceptors (Lipinski definition) is 6. The quantitative estimate of drug-likeness (QED) is 0.653. The number of benzene rings is 1. The minimum absolute atomic E-state index is 0.0859. The highest BCUT2D eigenvalue weighted by atomic mass is 32.2. The molecule has 10 heteroatoms. The molecule has 0 aliphatic rings. The molecule has 25 heavy (non-hydrogen) atoms. The Bertz CT molecular complexity index is 978. The predicted octanol–water partition coefficient (Wildman–Crippen LogP) is 2.81. The first-order valence-electron chi connectivity index (χ1n) is 7.36. The van der Waals surface area contributed by atoms with E-state index in [1.54, 1.807) is 6.20 Å². The molecular formula is C15H14F2N4O2S2. The molecule has 2 aromatic heterocycles. The van der Waals surface area contributed by atoms with Crippen molar-refractivity contribution in [2.75, 3.05) is 0 Å². The highest BCUT2D eigenvalue weighted by Crippen LogP contribution is 2.28. The van der Waals surface area contributed by atoms with Gasteiger partial charge in [-0.25, -0.2) is 22.2 Å². The van der Waals surface area contributed by atoms with E-state index in [1.165, 1.54) is 16.1 Å². The predicted molar refractivity (Wildman–Crippen MR) is 89.5 cm³/mol. The Hall–Kier alpha value is -2.20. The molecule has 0 saturated carbocycles. The van der Waals surface area contributed by atoms with Crippen LogP contribution in [0.15, 0.2) is 29.8 Å². The van der Waals surface area contributed by atoms with Gasteiger partial charge in [0.1, 0.15) is 22.4 Å². The molecule has 0 aliphatic heterocycles.